The molecule has 18 heavy (non-hydrogen) atoms. The largest absolute Gasteiger partial charge is 0.479 e. The molecule has 0 saturated heterocycles. The van der Waals surface area contributed by atoms with Crippen molar-refractivity contribution in [2.24, 2.45) is 5.92 Å². The standard InChI is InChI=1S/C12H22N4O2/c1-9(2)4-6-18-7-5-14-11-10(13)12(17-3)16-8-15-11/h8-9H,4-7,13H2,1-3H3,(H,14,15,16). The molecule has 0 atom stereocenters. The van der Waals surface area contributed by atoms with Gasteiger partial charge in [-0.2, -0.15) is 4.98 Å². The maximum atomic E-state index is 5.82. The third kappa shape index (κ3) is 4.75. The Kier molecular flexibility index (Phi) is 6.21. The molecule has 0 unspecified atom stereocenters. The summed E-state index contributed by atoms with van der Waals surface area (Å²) in [4.78, 5) is 7.96. The van der Waals surface area contributed by atoms with E-state index in [1.165, 1.54) is 13.4 Å². The third-order valence-electron chi connectivity index (χ3n) is 2.42. The Labute approximate surface area is 108 Å². The second kappa shape index (κ2) is 7.71. The molecule has 0 aliphatic rings. The van der Waals surface area contributed by atoms with Crippen LogP contribution in [0.25, 0.3) is 0 Å². The maximum absolute atomic E-state index is 5.82. The Bertz CT molecular complexity index is 358. The predicted octanol–water partition coefficient (Wildman–Crippen LogP) is 1.54. The van der Waals surface area contributed by atoms with Gasteiger partial charge in [0.15, 0.2) is 5.82 Å². The van der Waals surface area contributed by atoms with Crippen LogP contribution in [0.3, 0.4) is 0 Å². The SMILES string of the molecule is COc1ncnc(NCCOCCC(C)C)c1N. The second-order valence-corrected chi connectivity index (χ2v) is 4.37. The van der Waals surface area contributed by atoms with E-state index in [1.54, 1.807) is 0 Å². The van der Waals surface area contributed by atoms with Crippen LogP contribution in [0.15, 0.2) is 6.33 Å². The van der Waals surface area contributed by atoms with E-state index in [-0.39, 0.29) is 0 Å². The molecule has 3 N–H and O–H groups in total. The molecule has 6 nitrogen and oxygen atoms in total. The number of nitrogens with two attached hydrogens (primary N) is 1. The van der Waals surface area contributed by atoms with E-state index >= 15 is 0 Å². The molecule has 1 rings (SSSR count). The lowest BCUT2D eigenvalue weighted by molar-refractivity contribution is 0.132. The van der Waals surface area contributed by atoms with Gasteiger partial charge in [0.2, 0.25) is 5.88 Å². The zero-order valence-electron chi connectivity index (χ0n) is 11.3. The number of nitrogens with zero attached hydrogens (tertiary/aromatic N) is 2. The van der Waals surface area contributed by atoms with Crippen LogP contribution in [0.2, 0.25) is 0 Å². The summed E-state index contributed by atoms with van der Waals surface area (Å²) in [7, 11) is 1.53. The first kappa shape index (κ1) is 14.5. The number of hydrogen-bond acceptors (Lipinski definition) is 6. The molecule has 102 valence electrons. The Morgan fingerprint density at radius 3 is 2.78 bits per heavy atom. The number of ether oxygens (including phenoxy) is 2. The summed E-state index contributed by atoms with van der Waals surface area (Å²) < 4.78 is 10.5. The van der Waals surface area contributed by atoms with E-state index in [0.717, 1.165) is 13.0 Å². The van der Waals surface area contributed by atoms with Gasteiger partial charge < -0.3 is 20.5 Å². The van der Waals surface area contributed by atoms with Gasteiger partial charge in [0.25, 0.3) is 0 Å². The third-order valence-corrected chi connectivity index (χ3v) is 2.42. The van der Waals surface area contributed by atoms with Gasteiger partial charge in [0.1, 0.15) is 12.0 Å². The van der Waals surface area contributed by atoms with Gasteiger partial charge in [-0.1, -0.05) is 13.8 Å². The number of hydrogen-bond donors (Lipinski definition) is 2. The minimum Gasteiger partial charge on any atom is -0.479 e. The van der Waals surface area contributed by atoms with Crippen LogP contribution in [0.5, 0.6) is 5.88 Å². The minimum absolute atomic E-state index is 0.383. The van der Waals surface area contributed by atoms with Crippen molar-refractivity contribution in [1.29, 1.82) is 0 Å². The van der Waals surface area contributed by atoms with Crippen LogP contribution >= 0.6 is 0 Å². The summed E-state index contributed by atoms with van der Waals surface area (Å²) >= 11 is 0. The van der Waals surface area contributed by atoms with Gasteiger partial charge in [0, 0.05) is 13.2 Å². The van der Waals surface area contributed by atoms with Crippen molar-refractivity contribution >= 4 is 11.5 Å². The topological polar surface area (TPSA) is 82.3 Å². The van der Waals surface area contributed by atoms with Gasteiger partial charge in [-0.25, -0.2) is 4.98 Å². The first-order valence-electron chi connectivity index (χ1n) is 6.11. The quantitative estimate of drug-likeness (QED) is 0.685. The molecule has 1 aromatic heterocycles. The van der Waals surface area contributed by atoms with E-state index in [2.05, 4.69) is 29.1 Å². The van der Waals surface area contributed by atoms with Crippen molar-refractivity contribution < 1.29 is 9.47 Å². The Morgan fingerprint density at radius 2 is 2.11 bits per heavy atom. The molecular weight excluding hydrogens is 232 g/mol. The van der Waals surface area contributed by atoms with Gasteiger partial charge in [-0.3, -0.25) is 0 Å². The maximum Gasteiger partial charge on any atom is 0.242 e. The minimum atomic E-state index is 0.383. The number of nitrogens with one attached hydrogen (secondary N) is 1. The number of anilines is 2. The summed E-state index contributed by atoms with van der Waals surface area (Å²) in [5.74, 6) is 1.63. The zero-order chi connectivity index (χ0) is 13.4. The van der Waals surface area contributed by atoms with E-state index in [4.69, 9.17) is 15.2 Å². The van der Waals surface area contributed by atoms with Crippen molar-refractivity contribution in [3.63, 3.8) is 0 Å². The summed E-state index contributed by atoms with van der Waals surface area (Å²) in [6.45, 7) is 6.41. The van der Waals surface area contributed by atoms with Crippen molar-refractivity contribution in [2.45, 2.75) is 20.3 Å². The molecule has 0 amide bonds. The fourth-order valence-electron chi connectivity index (χ4n) is 1.35. The molecule has 0 spiro atoms. The van der Waals surface area contributed by atoms with E-state index < -0.39 is 0 Å². The molecule has 0 saturated carbocycles. The Balaban J connectivity index is 2.27. The number of nitrogen functional groups attached to an aromatic ring is 1. The fourth-order valence-corrected chi connectivity index (χ4v) is 1.35. The van der Waals surface area contributed by atoms with Crippen molar-refractivity contribution in [1.82, 2.24) is 9.97 Å². The first-order chi connectivity index (χ1) is 8.65. The van der Waals surface area contributed by atoms with E-state index in [0.29, 0.717) is 36.5 Å². The summed E-state index contributed by atoms with van der Waals surface area (Å²) in [5.41, 5.74) is 6.24. The summed E-state index contributed by atoms with van der Waals surface area (Å²) in [6, 6.07) is 0. The van der Waals surface area contributed by atoms with Crippen molar-refractivity contribution in [3.05, 3.63) is 6.33 Å². The first-order valence-corrected chi connectivity index (χ1v) is 6.11. The molecule has 0 aromatic carbocycles. The fraction of sp³-hybridized carbons (Fsp3) is 0.667. The van der Waals surface area contributed by atoms with Gasteiger partial charge in [0.05, 0.1) is 13.7 Å². The molecule has 0 radical (unpaired) electrons. The molecular formula is C12H22N4O2. The molecule has 0 aliphatic carbocycles. The highest BCUT2D eigenvalue weighted by atomic mass is 16.5. The molecule has 0 fully saturated rings. The van der Waals surface area contributed by atoms with Crippen LogP contribution in [-0.2, 0) is 4.74 Å². The second-order valence-electron chi connectivity index (χ2n) is 4.37. The van der Waals surface area contributed by atoms with Gasteiger partial charge >= 0.3 is 0 Å². The number of aromatic nitrogens is 2. The summed E-state index contributed by atoms with van der Waals surface area (Å²) in [6.07, 6.45) is 2.49. The molecule has 6 heteroatoms. The molecule has 0 bridgehead atoms. The van der Waals surface area contributed by atoms with Crippen LogP contribution < -0.4 is 15.8 Å². The highest BCUT2D eigenvalue weighted by Gasteiger charge is 2.07. The smallest absolute Gasteiger partial charge is 0.242 e. The Hall–Kier alpha value is -1.56. The monoisotopic (exact) mass is 254 g/mol. The molecule has 0 aliphatic heterocycles. The van der Waals surface area contributed by atoms with Crippen LogP contribution in [0, 0.1) is 5.92 Å². The van der Waals surface area contributed by atoms with E-state index in [1.807, 2.05) is 0 Å². The van der Waals surface area contributed by atoms with Crippen LogP contribution in [0.1, 0.15) is 20.3 Å². The van der Waals surface area contributed by atoms with Crippen molar-refractivity contribution in [2.75, 3.05) is 37.9 Å². The highest BCUT2D eigenvalue weighted by Crippen LogP contribution is 2.23. The van der Waals surface area contributed by atoms with Gasteiger partial charge in [-0.15, -0.1) is 0 Å². The lowest BCUT2D eigenvalue weighted by atomic mass is 10.1. The highest BCUT2D eigenvalue weighted by molar-refractivity contribution is 5.66. The molecule has 1 aromatic rings. The van der Waals surface area contributed by atoms with E-state index in [9.17, 15) is 0 Å². The van der Waals surface area contributed by atoms with Crippen molar-refractivity contribution in [3.8, 4) is 5.88 Å². The van der Waals surface area contributed by atoms with Crippen LogP contribution in [-0.4, -0.2) is 36.8 Å². The summed E-state index contributed by atoms with van der Waals surface area (Å²) in [5, 5.41) is 3.09. The zero-order valence-corrected chi connectivity index (χ0v) is 11.3. The average molecular weight is 254 g/mol. The lowest BCUT2D eigenvalue weighted by Crippen LogP contribution is -2.13. The lowest BCUT2D eigenvalue weighted by Gasteiger charge is -2.10. The number of methoxy groups -OCH3 is 1. The average Bonchev–Trinajstić information content (AvgIpc) is 2.35. The molecule has 1 heterocycles. The Morgan fingerprint density at radius 1 is 1.33 bits per heavy atom. The number of rotatable bonds is 8. The predicted molar refractivity (Wildman–Crippen MR) is 71.8 cm³/mol. The normalized spacial score (nSPS) is 10.7. The van der Waals surface area contributed by atoms with Crippen LogP contribution in [0.4, 0.5) is 11.5 Å². The van der Waals surface area contributed by atoms with Gasteiger partial charge in [-0.05, 0) is 12.3 Å².